The summed E-state index contributed by atoms with van der Waals surface area (Å²) in [7, 11) is 0. The van der Waals surface area contributed by atoms with E-state index in [0.717, 1.165) is 36.7 Å². The van der Waals surface area contributed by atoms with Crippen LogP contribution >= 0.6 is 23.2 Å². The maximum atomic E-state index is 13.4. The molecule has 0 bridgehead atoms. The molecule has 0 radical (unpaired) electrons. The molecule has 0 saturated carbocycles. The maximum Gasteiger partial charge on any atom is 0.417 e. The maximum absolute atomic E-state index is 13.4. The van der Waals surface area contributed by atoms with E-state index in [9.17, 15) is 27.9 Å². The molecule has 0 atom stereocenters. The number of anilines is 1. The number of rotatable bonds is 3. The summed E-state index contributed by atoms with van der Waals surface area (Å²) >= 11 is 12.0. The fraction of sp³-hybridized carbons (Fsp3) is 0.0500. The first-order valence-corrected chi connectivity index (χ1v) is 9.20. The van der Waals surface area contributed by atoms with Gasteiger partial charge in [-0.3, -0.25) is 9.78 Å². The smallest absolute Gasteiger partial charge is 0.417 e. The second-order valence-corrected chi connectivity index (χ2v) is 7.02. The van der Waals surface area contributed by atoms with Gasteiger partial charge in [-0.2, -0.15) is 13.2 Å². The number of nitrogens with zero attached hydrogens (tertiary/aromatic N) is 2. The highest BCUT2D eigenvalue weighted by Gasteiger charge is 2.35. The third-order valence-electron chi connectivity index (χ3n) is 4.22. The molecule has 11 heteroatoms. The van der Waals surface area contributed by atoms with Gasteiger partial charge in [0.15, 0.2) is 0 Å². The summed E-state index contributed by atoms with van der Waals surface area (Å²) in [4.78, 5) is 29.3. The molecular weight excluding hydrogens is 458 g/mol. The van der Waals surface area contributed by atoms with E-state index in [1.54, 1.807) is 0 Å². The summed E-state index contributed by atoms with van der Waals surface area (Å²) < 4.78 is 40.3. The third kappa shape index (κ3) is 4.42. The molecule has 0 spiro atoms. The number of carbonyl (C=O) groups excluding carboxylic acids is 2. The first-order chi connectivity index (χ1) is 14.5. The Balaban J connectivity index is 2.17. The van der Waals surface area contributed by atoms with Gasteiger partial charge < -0.3 is 10.8 Å². The fourth-order valence-electron chi connectivity index (χ4n) is 2.93. The number of amides is 3. The third-order valence-corrected chi connectivity index (χ3v) is 4.85. The number of hydrogen-bond donors (Lipinski definition) is 2. The van der Waals surface area contributed by atoms with Crippen molar-refractivity contribution < 1.29 is 27.9 Å². The second-order valence-electron chi connectivity index (χ2n) is 6.20. The number of pyridine rings is 1. The Kier molecular flexibility index (Phi) is 6.10. The van der Waals surface area contributed by atoms with Crippen LogP contribution in [-0.2, 0) is 6.18 Å². The highest BCUT2D eigenvalue weighted by atomic mass is 35.5. The molecule has 0 fully saturated rings. The quantitative estimate of drug-likeness (QED) is 0.528. The molecule has 0 unspecified atom stereocenters. The van der Waals surface area contributed by atoms with Crippen LogP contribution in [0.3, 0.4) is 0 Å². The minimum Gasteiger partial charge on any atom is -0.507 e. The summed E-state index contributed by atoms with van der Waals surface area (Å²) in [5.41, 5.74) is 2.97. The summed E-state index contributed by atoms with van der Waals surface area (Å²) in [5, 5.41) is 9.95. The van der Waals surface area contributed by atoms with Crippen molar-refractivity contribution in [2.24, 2.45) is 5.73 Å². The zero-order valence-corrected chi connectivity index (χ0v) is 16.8. The van der Waals surface area contributed by atoms with Crippen molar-refractivity contribution in [2.45, 2.75) is 6.18 Å². The topological polar surface area (TPSA) is 96.5 Å². The lowest BCUT2D eigenvalue weighted by atomic mass is 9.99. The van der Waals surface area contributed by atoms with Crippen LogP contribution in [0.1, 0.15) is 15.9 Å². The van der Waals surface area contributed by atoms with Crippen molar-refractivity contribution in [3.8, 4) is 16.9 Å². The summed E-state index contributed by atoms with van der Waals surface area (Å²) in [6.45, 7) is 0. The molecule has 3 N–H and O–H groups in total. The van der Waals surface area contributed by atoms with Crippen molar-refractivity contribution in [3.05, 3.63) is 76.0 Å². The van der Waals surface area contributed by atoms with E-state index >= 15 is 0 Å². The number of halogens is 5. The fourth-order valence-corrected chi connectivity index (χ4v) is 3.48. The number of benzene rings is 2. The Bertz CT molecular complexity index is 1170. The van der Waals surface area contributed by atoms with Gasteiger partial charge >= 0.3 is 12.2 Å². The number of aromatic hydroxyl groups is 1. The SMILES string of the molecule is NC(=O)N(C(=O)c1c(Cl)cccc1Cl)c1cncc(-c2c(O)cccc2C(F)(F)F)c1. The first-order valence-electron chi connectivity index (χ1n) is 8.45. The molecule has 2 aromatic carbocycles. The van der Waals surface area contributed by atoms with E-state index in [1.807, 2.05) is 0 Å². The molecule has 3 rings (SSSR count). The van der Waals surface area contributed by atoms with Gasteiger partial charge in [-0.05, 0) is 30.3 Å². The molecule has 3 aromatic rings. The Morgan fingerprint density at radius 3 is 2.23 bits per heavy atom. The number of nitrogens with two attached hydrogens (primary N) is 1. The minimum absolute atomic E-state index is 0.0621. The van der Waals surface area contributed by atoms with E-state index in [1.165, 1.54) is 18.2 Å². The number of hydrogen-bond acceptors (Lipinski definition) is 4. The van der Waals surface area contributed by atoms with Crippen molar-refractivity contribution >= 4 is 40.8 Å². The Labute approximate surface area is 183 Å². The van der Waals surface area contributed by atoms with Crippen LogP contribution in [0.5, 0.6) is 5.75 Å². The van der Waals surface area contributed by atoms with Crippen LogP contribution in [0.15, 0.2) is 54.9 Å². The molecule has 6 nitrogen and oxygen atoms in total. The summed E-state index contributed by atoms with van der Waals surface area (Å²) in [6.07, 6.45) is -2.70. The summed E-state index contributed by atoms with van der Waals surface area (Å²) in [5.74, 6) is -1.67. The molecular formula is C20H12Cl2F3N3O3. The molecule has 1 heterocycles. The van der Waals surface area contributed by atoms with Crippen molar-refractivity contribution in [1.82, 2.24) is 4.98 Å². The van der Waals surface area contributed by atoms with Gasteiger partial charge in [0.2, 0.25) is 0 Å². The lowest BCUT2D eigenvalue weighted by Gasteiger charge is -2.21. The van der Waals surface area contributed by atoms with Crippen LogP contribution in [-0.4, -0.2) is 22.0 Å². The Morgan fingerprint density at radius 2 is 1.65 bits per heavy atom. The lowest BCUT2D eigenvalue weighted by molar-refractivity contribution is -0.137. The number of primary amides is 1. The number of urea groups is 1. The van der Waals surface area contributed by atoms with Gasteiger partial charge in [0.25, 0.3) is 5.91 Å². The highest BCUT2D eigenvalue weighted by molar-refractivity contribution is 6.41. The predicted octanol–water partition coefficient (Wildman–Crippen LogP) is 5.51. The van der Waals surface area contributed by atoms with Crippen LogP contribution < -0.4 is 10.6 Å². The minimum atomic E-state index is -4.78. The van der Waals surface area contributed by atoms with Gasteiger partial charge in [0.1, 0.15) is 5.75 Å². The van der Waals surface area contributed by atoms with E-state index in [0.29, 0.717) is 4.90 Å². The lowest BCUT2D eigenvalue weighted by Crippen LogP contribution is -2.41. The molecule has 0 aliphatic heterocycles. The van der Waals surface area contributed by atoms with Crippen molar-refractivity contribution in [1.29, 1.82) is 0 Å². The number of phenolic OH excluding ortho intramolecular Hbond substituents is 1. The van der Waals surface area contributed by atoms with E-state index in [-0.39, 0.29) is 26.9 Å². The molecule has 0 aliphatic rings. The van der Waals surface area contributed by atoms with Crippen LogP contribution in [0.4, 0.5) is 23.7 Å². The number of carbonyl (C=O) groups is 2. The van der Waals surface area contributed by atoms with Crippen LogP contribution in [0.25, 0.3) is 11.1 Å². The van der Waals surface area contributed by atoms with Gasteiger partial charge in [-0.25, -0.2) is 9.69 Å². The van der Waals surface area contributed by atoms with E-state index < -0.39 is 35.0 Å². The Hall–Kier alpha value is -3.30. The zero-order valence-electron chi connectivity index (χ0n) is 15.3. The molecule has 1 aromatic heterocycles. The number of imide groups is 1. The van der Waals surface area contributed by atoms with Crippen LogP contribution in [0, 0.1) is 0 Å². The number of aromatic nitrogens is 1. The Morgan fingerprint density at radius 1 is 1.03 bits per heavy atom. The number of alkyl halides is 3. The van der Waals surface area contributed by atoms with Crippen molar-refractivity contribution in [3.63, 3.8) is 0 Å². The standard InChI is InChI=1S/C20H12Cl2F3N3O3/c21-13-4-2-5-14(22)17(13)18(30)28(19(26)31)11-7-10(8-27-9-11)16-12(20(23,24)25)3-1-6-15(16)29/h1-9,29H,(H2,26,31). The molecule has 3 amide bonds. The average molecular weight is 470 g/mol. The second kappa shape index (κ2) is 8.44. The average Bonchev–Trinajstić information content (AvgIpc) is 2.67. The molecule has 0 aliphatic carbocycles. The molecule has 160 valence electrons. The van der Waals surface area contributed by atoms with Gasteiger partial charge in [0, 0.05) is 17.3 Å². The zero-order chi connectivity index (χ0) is 22.9. The first kappa shape index (κ1) is 22.4. The van der Waals surface area contributed by atoms with Crippen molar-refractivity contribution in [2.75, 3.05) is 4.90 Å². The van der Waals surface area contributed by atoms with Gasteiger partial charge in [0.05, 0.1) is 33.1 Å². The predicted molar refractivity (Wildman–Crippen MR) is 109 cm³/mol. The van der Waals surface area contributed by atoms with Gasteiger partial charge in [-0.15, -0.1) is 0 Å². The number of phenols is 1. The summed E-state index contributed by atoms with van der Waals surface area (Å²) in [6, 6.07) is 6.92. The largest absolute Gasteiger partial charge is 0.507 e. The molecule has 0 saturated heterocycles. The van der Waals surface area contributed by atoms with E-state index in [4.69, 9.17) is 28.9 Å². The highest BCUT2D eigenvalue weighted by Crippen LogP contribution is 2.42. The van der Waals surface area contributed by atoms with E-state index in [2.05, 4.69) is 4.98 Å². The van der Waals surface area contributed by atoms with Crippen LogP contribution in [0.2, 0.25) is 10.0 Å². The molecule has 31 heavy (non-hydrogen) atoms. The monoisotopic (exact) mass is 469 g/mol. The van der Waals surface area contributed by atoms with Gasteiger partial charge in [-0.1, -0.05) is 35.3 Å². The normalized spacial score (nSPS) is 11.3.